The van der Waals surface area contributed by atoms with Gasteiger partial charge in [0.25, 0.3) is 0 Å². The molecular weight excluding hydrogens is 120 g/mol. The molecule has 0 aliphatic rings. The van der Waals surface area contributed by atoms with Crippen molar-refractivity contribution in [2.24, 2.45) is 0 Å². The average molecular weight is 131 g/mol. The van der Waals surface area contributed by atoms with E-state index in [0.717, 1.165) is 10.6 Å². The second-order valence-corrected chi connectivity index (χ2v) is 2.28. The van der Waals surface area contributed by atoms with Crippen LogP contribution in [0.5, 0.6) is 0 Å². The van der Waals surface area contributed by atoms with Gasteiger partial charge in [-0.2, -0.15) is 0 Å². The summed E-state index contributed by atoms with van der Waals surface area (Å²) in [5, 5.41) is 0.864. The van der Waals surface area contributed by atoms with Gasteiger partial charge >= 0.3 is 0 Å². The summed E-state index contributed by atoms with van der Waals surface area (Å²) in [5.41, 5.74) is 1.13. The third-order valence-corrected chi connectivity index (χ3v) is 1.26. The fourth-order valence-electron chi connectivity index (χ4n) is 0.365. The molecule has 0 saturated heterocycles. The molecule has 0 saturated carbocycles. The Morgan fingerprint density at radius 2 is 1.88 bits per heavy atom. The molecule has 0 aromatic heterocycles. The number of rotatable bonds is 1. The van der Waals surface area contributed by atoms with Gasteiger partial charge in [0.15, 0.2) is 0 Å². The van der Waals surface area contributed by atoms with E-state index >= 15 is 0 Å². The van der Waals surface area contributed by atoms with Crippen LogP contribution in [0, 0.1) is 0 Å². The number of hydrogen-bond donors (Lipinski definition) is 0. The van der Waals surface area contributed by atoms with E-state index in [1.54, 1.807) is 0 Å². The van der Waals surface area contributed by atoms with Gasteiger partial charge in [0, 0.05) is 5.03 Å². The van der Waals surface area contributed by atoms with Crippen molar-refractivity contribution in [2.45, 2.75) is 20.8 Å². The monoisotopic (exact) mass is 130 g/mol. The van der Waals surface area contributed by atoms with Gasteiger partial charge < -0.3 is 0 Å². The molecule has 0 heterocycles. The molecule has 0 amide bonds. The van der Waals surface area contributed by atoms with E-state index in [1.165, 1.54) is 0 Å². The molecule has 0 unspecified atom stereocenters. The van der Waals surface area contributed by atoms with Gasteiger partial charge in [-0.1, -0.05) is 23.8 Å². The van der Waals surface area contributed by atoms with Crippen molar-refractivity contribution in [3.8, 4) is 0 Å². The van der Waals surface area contributed by atoms with Crippen molar-refractivity contribution in [3.05, 3.63) is 22.8 Å². The first-order chi connectivity index (χ1) is 3.68. The maximum absolute atomic E-state index is 5.64. The fraction of sp³-hybridized carbons (Fsp3) is 0.429. The van der Waals surface area contributed by atoms with Gasteiger partial charge in [-0.15, -0.1) is 0 Å². The summed E-state index contributed by atoms with van der Waals surface area (Å²) in [6.45, 7) is 5.85. The van der Waals surface area contributed by atoms with Crippen LogP contribution in [0.3, 0.4) is 0 Å². The summed E-state index contributed by atoms with van der Waals surface area (Å²) >= 11 is 5.64. The molecule has 0 nitrogen and oxygen atoms in total. The molecular formula is C7H11Cl. The van der Waals surface area contributed by atoms with Crippen LogP contribution in [0.1, 0.15) is 20.8 Å². The van der Waals surface area contributed by atoms with Crippen LogP contribution in [0.4, 0.5) is 0 Å². The van der Waals surface area contributed by atoms with E-state index in [9.17, 15) is 0 Å². The molecule has 0 aliphatic carbocycles. The molecule has 0 aliphatic heterocycles. The Kier molecular flexibility index (Phi) is 3.63. The van der Waals surface area contributed by atoms with Crippen LogP contribution in [0.2, 0.25) is 0 Å². The summed E-state index contributed by atoms with van der Waals surface area (Å²) in [4.78, 5) is 0. The molecule has 0 bridgehead atoms. The zero-order chi connectivity index (χ0) is 6.57. The molecule has 0 fully saturated rings. The maximum Gasteiger partial charge on any atom is 0.0179 e. The zero-order valence-electron chi connectivity index (χ0n) is 5.53. The van der Waals surface area contributed by atoms with Gasteiger partial charge in [-0.05, 0) is 26.3 Å². The average Bonchev–Trinajstić information content (AvgIpc) is 1.67. The minimum Gasteiger partial charge on any atom is -0.0892 e. The third kappa shape index (κ3) is 2.86. The first kappa shape index (κ1) is 7.77. The predicted octanol–water partition coefficient (Wildman–Crippen LogP) is 3.10. The van der Waals surface area contributed by atoms with Crippen molar-refractivity contribution in [2.75, 3.05) is 0 Å². The Balaban J connectivity index is 4.00. The normalized spacial score (nSPS) is 14.5. The summed E-state index contributed by atoms with van der Waals surface area (Å²) in [6, 6.07) is 0. The van der Waals surface area contributed by atoms with E-state index in [4.69, 9.17) is 11.6 Å². The molecule has 0 aromatic rings. The number of allylic oxidation sites excluding steroid dienone is 4. The molecule has 0 radical (unpaired) electrons. The molecule has 46 valence electrons. The second-order valence-electron chi connectivity index (χ2n) is 1.72. The van der Waals surface area contributed by atoms with Crippen LogP contribution in [0.25, 0.3) is 0 Å². The lowest BCUT2D eigenvalue weighted by Crippen LogP contribution is -1.67. The van der Waals surface area contributed by atoms with Crippen LogP contribution in [0.15, 0.2) is 22.8 Å². The lowest BCUT2D eigenvalue weighted by Gasteiger charge is -1.89. The summed E-state index contributed by atoms with van der Waals surface area (Å²) < 4.78 is 0. The van der Waals surface area contributed by atoms with Crippen LogP contribution in [-0.2, 0) is 0 Å². The van der Waals surface area contributed by atoms with Crippen molar-refractivity contribution in [3.63, 3.8) is 0 Å². The first-order valence-corrected chi connectivity index (χ1v) is 3.02. The van der Waals surface area contributed by atoms with Gasteiger partial charge in [0.2, 0.25) is 0 Å². The largest absolute Gasteiger partial charge is 0.0892 e. The second kappa shape index (κ2) is 3.73. The van der Waals surface area contributed by atoms with Crippen LogP contribution < -0.4 is 0 Å². The van der Waals surface area contributed by atoms with E-state index in [0.29, 0.717) is 0 Å². The lowest BCUT2D eigenvalue weighted by molar-refractivity contribution is 1.43. The topological polar surface area (TPSA) is 0 Å². The Morgan fingerprint density at radius 3 is 2.00 bits per heavy atom. The predicted molar refractivity (Wildman–Crippen MR) is 39.0 cm³/mol. The summed E-state index contributed by atoms with van der Waals surface area (Å²) in [6.07, 6.45) is 3.96. The molecule has 8 heavy (non-hydrogen) atoms. The van der Waals surface area contributed by atoms with E-state index in [1.807, 2.05) is 32.9 Å². The zero-order valence-corrected chi connectivity index (χ0v) is 6.29. The number of hydrogen-bond acceptors (Lipinski definition) is 0. The van der Waals surface area contributed by atoms with Crippen molar-refractivity contribution < 1.29 is 0 Å². The SMILES string of the molecule is CC=CC(C)=C(C)Cl. The Hall–Kier alpha value is -0.230. The van der Waals surface area contributed by atoms with E-state index in [2.05, 4.69) is 0 Å². The molecule has 1 heteroatoms. The van der Waals surface area contributed by atoms with Crippen LogP contribution >= 0.6 is 11.6 Å². The lowest BCUT2D eigenvalue weighted by atomic mass is 10.3. The molecule has 0 atom stereocenters. The third-order valence-electron chi connectivity index (χ3n) is 0.960. The Morgan fingerprint density at radius 1 is 1.38 bits per heavy atom. The highest BCUT2D eigenvalue weighted by molar-refractivity contribution is 6.29. The fourth-order valence-corrected chi connectivity index (χ4v) is 0.428. The standard InChI is InChI=1S/C7H11Cl/c1-4-5-6(2)7(3)8/h4-5H,1-3H3. The van der Waals surface area contributed by atoms with Crippen molar-refractivity contribution >= 4 is 11.6 Å². The minimum absolute atomic E-state index is 0.864. The molecule has 0 spiro atoms. The number of halogens is 1. The van der Waals surface area contributed by atoms with Gasteiger partial charge in [0.05, 0.1) is 0 Å². The van der Waals surface area contributed by atoms with Crippen molar-refractivity contribution in [1.82, 2.24) is 0 Å². The van der Waals surface area contributed by atoms with Gasteiger partial charge in [-0.3, -0.25) is 0 Å². The highest BCUT2D eigenvalue weighted by atomic mass is 35.5. The maximum atomic E-state index is 5.64. The minimum atomic E-state index is 0.864. The summed E-state index contributed by atoms with van der Waals surface area (Å²) in [5.74, 6) is 0. The van der Waals surface area contributed by atoms with E-state index in [-0.39, 0.29) is 0 Å². The smallest absolute Gasteiger partial charge is 0.0179 e. The van der Waals surface area contributed by atoms with Gasteiger partial charge in [-0.25, -0.2) is 0 Å². The summed E-state index contributed by atoms with van der Waals surface area (Å²) in [7, 11) is 0. The molecule has 0 aromatic carbocycles. The van der Waals surface area contributed by atoms with E-state index < -0.39 is 0 Å². The van der Waals surface area contributed by atoms with Crippen molar-refractivity contribution in [1.29, 1.82) is 0 Å². The highest BCUT2D eigenvalue weighted by Gasteiger charge is 1.83. The highest BCUT2D eigenvalue weighted by Crippen LogP contribution is 2.07. The Bertz CT molecular complexity index is 116. The quantitative estimate of drug-likeness (QED) is 0.479. The first-order valence-electron chi connectivity index (χ1n) is 2.64. The van der Waals surface area contributed by atoms with Gasteiger partial charge in [0.1, 0.15) is 0 Å². The van der Waals surface area contributed by atoms with Crippen LogP contribution in [-0.4, -0.2) is 0 Å². The Labute approximate surface area is 55.9 Å². The molecule has 0 N–H and O–H groups in total. The molecule has 0 rings (SSSR count).